The molecule has 1 amide bonds. The van der Waals surface area contributed by atoms with Crippen molar-refractivity contribution in [1.82, 2.24) is 15.1 Å². The average molecular weight is 331 g/mol. The highest BCUT2D eigenvalue weighted by Gasteiger charge is 2.30. The Bertz CT molecular complexity index is 511. The van der Waals surface area contributed by atoms with Crippen molar-refractivity contribution in [3.05, 3.63) is 35.9 Å². The zero-order valence-corrected chi connectivity index (χ0v) is 14.6. The lowest BCUT2D eigenvalue weighted by Gasteiger charge is -2.36. The van der Waals surface area contributed by atoms with Crippen LogP contribution in [0, 0.1) is 5.92 Å². The summed E-state index contributed by atoms with van der Waals surface area (Å²) in [6.07, 6.45) is 0.953. The molecule has 0 aromatic heterocycles. The highest BCUT2D eigenvalue weighted by Crippen LogP contribution is 2.18. The van der Waals surface area contributed by atoms with Crippen LogP contribution in [0.3, 0.4) is 0 Å². The number of hydrogen-bond donors (Lipinski definition) is 1. The molecule has 0 radical (unpaired) electrons. The summed E-state index contributed by atoms with van der Waals surface area (Å²) >= 11 is 0. The third kappa shape index (κ3) is 4.56. The molecule has 2 aliphatic rings. The second-order valence-electron chi connectivity index (χ2n) is 6.90. The summed E-state index contributed by atoms with van der Waals surface area (Å²) in [4.78, 5) is 17.6. The summed E-state index contributed by atoms with van der Waals surface area (Å²) < 4.78 is 5.44. The van der Waals surface area contributed by atoms with Crippen LogP contribution in [-0.4, -0.2) is 67.7 Å². The summed E-state index contributed by atoms with van der Waals surface area (Å²) in [6, 6.07) is 10.5. The third-order valence-corrected chi connectivity index (χ3v) is 5.05. The Hall–Kier alpha value is -1.43. The third-order valence-electron chi connectivity index (χ3n) is 5.05. The van der Waals surface area contributed by atoms with Crippen molar-refractivity contribution in [2.24, 2.45) is 5.92 Å². The predicted octanol–water partition coefficient (Wildman–Crippen LogP) is 1.35. The van der Waals surface area contributed by atoms with Gasteiger partial charge in [0.05, 0.1) is 19.1 Å². The Morgan fingerprint density at radius 2 is 2.08 bits per heavy atom. The van der Waals surface area contributed by atoms with E-state index in [-0.39, 0.29) is 12.0 Å². The van der Waals surface area contributed by atoms with Crippen LogP contribution in [0.25, 0.3) is 0 Å². The summed E-state index contributed by atoms with van der Waals surface area (Å²) in [5, 5.41) is 3.32. The lowest BCUT2D eigenvalue weighted by atomic mass is 10.0. The van der Waals surface area contributed by atoms with Crippen LogP contribution in [0.15, 0.2) is 30.3 Å². The zero-order valence-electron chi connectivity index (χ0n) is 14.6. The van der Waals surface area contributed by atoms with Crippen LogP contribution in [0.1, 0.15) is 18.9 Å². The van der Waals surface area contributed by atoms with Crippen molar-refractivity contribution in [3.63, 3.8) is 0 Å². The Kier molecular flexibility index (Phi) is 6.24. The maximum Gasteiger partial charge on any atom is 0.227 e. The molecule has 132 valence electrons. The van der Waals surface area contributed by atoms with Crippen LogP contribution in [0.2, 0.25) is 0 Å². The zero-order chi connectivity index (χ0) is 16.8. The second kappa shape index (κ2) is 8.60. The van der Waals surface area contributed by atoms with Gasteiger partial charge in [-0.05, 0) is 25.5 Å². The number of carbonyl (C=O) groups excluding carboxylic acids is 1. The van der Waals surface area contributed by atoms with Gasteiger partial charge in [0.2, 0.25) is 5.91 Å². The molecule has 24 heavy (non-hydrogen) atoms. The Balaban J connectivity index is 1.68. The molecule has 1 aromatic rings. The average Bonchev–Trinajstić information content (AvgIpc) is 3.15. The molecule has 2 heterocycles. The first-order valence-corrected chi connectivity index (χ1v) is 9.09. The van der Waals surface area contributed by atoms with Gasteiger partial charge >= 0.3 is 0 Å². The second-order valence-corrected chi connectivity index (χ2v) is 6.90. The molecular weight excluding hydrogens is 302 g/mol. The molecule has 0 aliphatic carbocycles. The van der Waals surface area contributed by atoms with Crippen LogP contribution in [0.5, 0.6) is 0 Å². The van der Waals surface area contributed by atoms with Gasteiger partial charge in [0.15, 0.2) is 0 Å². The molecule has 0 bridgehead atoms. The first-order chi connectivity index (χ1) is 11.7. The van der Waals surface area contributed by atoms with Crippen LogP contribution < -0.4 is 5.32 Å². The van der Waals surface area contributed by atoms with Crippen LogP contribution in [-0.2, 0) is 16.1 Å². The number of amides is 1. The molecule has 2 saturated heterocycles. The summed E-state index contributed by atoms with van der Waals surface area (Å²) in [5.41, 5.74) is 1.20. The number of nitrogens with zero attached hydrogens (tertiary/aromatic N) is 2. The fourth-order valence-electron chi connectivity index (χ4n) is 3.59. The first-order valence-electron chi connectivity index (χ1n) is 9.09. The monoisotopic (exact) mass is 331 g/mol. The quantitative estimate of drug-likeness (QED) is 0.855. The highest BCUT2D eigenvalue weighted by molar-refractivity contribution is 5.79. The van der Waals surface area contributed by atoms with Crippen LogP contribution >= 0.6 is 0 Å². The number of morpholine rings is 1. The topological polar surface area (TPSA) is 44.8 Å². The molecule has 3 rings (SSSR count). The van der Waals surface area contributed by atoms with E-state index in [0.717, 1.165) is 52.4 Å². The van der Waals surface area contributed by atoms with E-state index in [1.807, 2.05) is 18.2 Å². The van der Waals surface area contributed by atoms with E-state index >= 15 is 0 Å². The number of rotatable bonds is 6. The standard InChI is InChI=1S/C19H29N3O2/c1-16(14-21-9-11-24-12-10-21)22(15-17-5-3-2-4-6-17)19(23)18-7-8-20-13-18/h2-6,16,18,20H,7-15H2,1H3. The van der Waals surface area contributed by atoms with Crippen molar-refractivity contribution in [1.29, 1.82) is 0 Å². The fourth-order valence-corrected chi connectivity index (χ4v) is 3.59. The van der Waals surface area contributed by atoms with E-state index in [2.05, 4.69) is 34.2 Å². The van der Waals surface area contributed by atoms with Gasteiger partial charge < -0.3 is 15.0 Å². The van der Waals surface area contributed by atoms with E-state index < -0.39 is 0 Å². The van der Waals surface area contributed by atoms with E-state index in [9.17, 15) is 4.79 Å². The first kappa shape index (κ1) is 17.4. The smallest absolute Gasteiger partial charge is 0.227 e. The molecule has 1 aromatic carbocycles. The fraction of sp³-hybridized carbons (Fsp3) is 0.632. The Morgan fingerprint density at radius 3 is 2.75 bits per heavy atom. The maximum atomic E-state index is 13.1. The number of nitrogens with one attached hydrogen (secondary N) is 1. The predicted molar refractivity (Wildman–Crippen MR) is 94.7 cm³/mol. The van der Waals surface area contributed by atoms with Crippen LogP contribution in [0.4, 0.5) is 0 Å². The summed E-state index contributed by atoms with van der Waals surface area (Å²) in [7, 11) is 0. The van der Waals surface area contributed by atoms with Gasteiger partial charge in [-0.3, -0.25) is 9.69 Å². The maximum absolute atomic E-state index is 13.1. The lowest BCUT2D eigenvalue weighted by molar-refractivity contribution is -0.138. The van der Waals surface area contributed by atoms with E-state index in [1.165, 1.54) is 5.56 Å². The van der Waals surface area contributed by atoms with Crippen molar-refractivity contribution >= 4 is 5.91 Å². The normalized spacial score (nSPS) is 23.1. The van der Waals surface area contributed by atoms with Gasteiger partial charge in [-0.25, -0.2) is 0 Å². The minimum absolute atomic E-state index is 0.126. The van der Waals surface area contributed by atoms with Gasteiger partial charge in [0, 0.05) is 38.8 Å². The molecule has 1 N–H and O–H groups in total. The molecule has 5 nitrogen and oxygen atoms in total. The number of carbonyl (C=O) groups is 1. The van der Waals surface area contributed by atoms with Gasteiger partial charge in [0.25, 0.3) is 0 Å². The largest absolute Gasteiger partial charge is 0.379 e. The summed E-state index contributed by atoms with van der Waals surface area (Å²) in [5.74, 6) is 0.422. The highest BCUT2D eigenvalue weighted by atomic mass is 16.5. The van der Waals surface area contributed by atoms with Crippen molar-refractivity contribution in [3.8, 4) is 0 Å². The molecule has 2 unspecified atom stereocenters. The molecule has 2 aliphatic heterocycles. The number of benzene rings is 1. The Labute approximate surface area is 145 Å². The Morgan fingerprint density at radius 1 is 1.33 bits per heavy atom. The molecule has 2 fully saturated rings. The number of ether oxygens (including phenoxy) is 1. The van der Waals surface area contributed by atoms with E-state index in [0.29, 0.717) is 12.5 Å². The molecule has 0 saturated carbocycles. The molecule has 2 atom stereocenters. The number of hydrogen-bond acceptors (Lipinski definition) is 4. The minimum Gasteiger partial charge on any atom is -0.379 e. The minimum atomic E-state index is 0.126. The molecule has 0 spiro atoms. The lowest BCUT2D eigenvalue weighted by Crippen LogP contribution is -2.49. The molecule has 5 heteroatoms. The summed E-state index contributed by atoms with van der Waals surface area (Å²) in [6.45, 7) is 9.08. The SMILES string of the molecule is CC(CN1CCOCC1)N(Cc1ccccc1)C(=O)C1CCNC1. The van der Waals surface area contributed by atoms with E-state index in [4.69, 9.17) is 4.74 Å². The van der Waals surface area contributed by atoms with Gasteiger partial charge in [0.1, 0.15) is 0 Å². The van der Waals surface area contributed by atoms with Crippen molar-refractivity contribution in [2.75, 3.05) is 45.9 Å². The molecular formula is C19H29N3O2. The van der Waals surface area contributed by atoms with Crippen molar-refractivity contribution < 1.29 is 9.53 Å². The van der Waals surface area contributed by atoms with Gasteiger partial charge in [-0.1, -0.05) is 30.3 Å². The van der Waals surface area contributed by atoms with E-state index in [1.54, 1.807) is 0 Å². The van der Waals surface area contributed by atoms with Crippen molar-refractivity contribution in [2.45, 2.75) is 25.9 Å². The van der Waals surface area contributed by atoms with Gasteiger partial charge in [-0.15, -0.1) is 0 Å². The van der Waals surface area contributed by atoms with Gasteiger partial charge in [-0.2, -0.15) is 0 Å².